The van der Waals surface area contributed by atoms with Crippen LogP contribution in [0.1, 0.15) is 54.2 Å². The van der Waals surface area contributed by atoms with Crippen molar-refractivity contribution in [3.05, 3.63) is 40.2 Å². The molecule has 10 heteroatoms. The van der Waals surface area contributed by atoms with Gasteiger partial charge in [-0.3, -0.25) is 5.32 Å². The smallest absolute Gasteiger partial charge is 0.344 e. The number of hydrogen-bond donors (Lipinski definition) is 4. The van der Waals surface area contributed by atoms with Crippen LogP contribution in [0.25, 0.3) is 0 Å². The van der Waals surface area contributed by atoms with Crippen LogP contribution in [0.15, 0.2) is 12.1 Å². The summed E-state index contributed by atoms with van der Waals surface area (Å²) in [6.45, 7) is 10.7. The highest BCUT2D eigenvalue weighted by atomic mass is 32.1. The van der Waals surface area contributed by atoms with Crippen molar-refractivity contribution in [3.63, 3.8) is 0 Å². The molecule has 31 heavy (non-hydrogen) atoms. The van der Waals surface area contributed by atoms with Crippen molar-refractivity contribution in [2.75, 3.05) is 18.4 Å². The van der Waals surface area contributed by atoms with Crippen LogP contribution in [0.5, 0.6) is 5.88 Å². The fraction of sp³-hybridized carbons (Fsp3) is 0.476. The molecule has 0 aliphatic carbocycles. The molecule has 0 aliphatic rings. The monoisotopic (exact) mass is 452 g/mol. The first-order chi connectivity index (χ1) is 14.5. The Morgan fingerprint density at radius 1 is 1.23 bits per heavy atom. The number of carboxylic acid groups (broad SMARTS) is 1. The number of ether oxygens (including phenoxy) is 1. The van der Waals surface area contributed by atoms with E-state index in [0.717, 1.165) is 30.1 Å². The molecule has 0 saturated heterocycles. The summed E-state index contributed by atoms with van der Waals surface area (Å²) >= 11 is 0.792. The summed E-state index contributed by atoms with van der Waals surface area (Å²) in [5.74, 6) is -1.89. The van der Waals surface area contributed by atoms with Crippen LogP contribution >= 0.6 is 11.5 Å². The molecule has 0 aliphatic heterocycles. The average molecular weight is 453 g/mol. The molecule has 170 valence electrons. The van der Waals surface area contributed by atoms with Crippen molar-refractivity contribution in [3.8, 4) is 5.88 Å². The van der Waals surface area contributed by atoms with E-state index in [2.05, 4.69) is 41.1 Å². The Morgan fingerprint density at radius 2 is 1.94 bits per heavy atom. The maximum absolute atomic E-state index is 14.2. The lowest BCUT2D eigenvalue weighted by Crippen LogP contribution is -2.38. The van der Waals surface area contributed by atoms with Crippen LogP contribution in [-0.2, 0) is 6.61 Å². The number of nitrogens with one attached hydrogen (secondary N) is 3. The SMILES string of the molecule is Cc1cc(C)c(COc2nsc(NC(=O)NCCCNC(C)(C)C)c2C(=O)O)c(F)c1. The maximum atomic E-state index is 14.2. The van der Waals surface area contributed by atoms with Crippen LogP contribution in [0.2, 0.25) is 0 Å². The molecule has 2 rings (SSSR count). The van der Waals surface area contributed by atoms with E-state index in [-0.39, 0.29) is 28.6 Å². The van der Waals surface area contributed by atoms with Gasteiger partial charge in [-0.1, -0.05) is 6.07 Å². The lowest BCUT2D eigenvalue weighted by Gasteiger charge is -2.20. The van der Waals surface area contributed by atoms with Gasteiger partial charge in [-0.05, 0) is 76.3 Å². The van der Waals surface area contributed by atoms with Gasteiger partial charge in [-0.15, -0.1) is 0 Å². The number of anilines is 1. The second-order valence-electron chi connectivity index (χ2n) is 8.24. The number of benzene rings is 1. The molecule has 0 unspecified atom stereocenters. The van der Waals surface area contributed by atoms with E-state index < -0.39 is 17.8 Å². The molecule has 4 N–H and O–H groups in total. The second-order valence-corrected chi connectivity index (χ2v) is 9.01. The first kappa shape index (κ1) is 24.5. The first-order valence-corrected chi connectivity index (χ1v) is 10.7. The lowest BCUT2D eigenvalue weighted by atomic mass is 10.1. The molecule has 1 aromatic heterocycles. The molecule has 2 aromatic rings. The number of hydrogen-bond acceptors (Lipinski definition) is 6. The number of carbonyl (C=O) groups excluding carboxylic acids is 1. The fourth-order valence-electron chi connectivity index (χ4n) is 2.82. The molecule has 0 bridgehead atoms. The number of halogens is 1. The van der Waals surface area contributed by atoms with Crippen LogP contribution in [0, 0.1) is 19.7 Å². The molecule has 0 saturated carbocycles. The Balaban J connectivity index is 1.97. The van der Waals surface area contributed by atoms with Gasteiger partial charge >= 0.3 is 12.0 Å². The highest BCUT2D eigenvalue weighted by Crippen LogP contribution is 2.31. The number of carbonyl (C=O) groups is 2. The Labute approximate surface area is 185 Å². The standard InChI is InChI=1S/C21H29FN4O4S/c1-12-9-13(2)14(15(22)10-12)11-30-17-16(19(27)28)18(31-26-17)25-20(29)23-7-6-8-24-21(3,4)5/h9-10,24H,6-8,11H2,1-5H3,(H,27,28)(H2,23,25,29). The summed E-state index contributed by atoms with van der Waals surface area (Å²) in [6, 6.07) is 2.67. The predicted octanol–water partition coefficient (Wildman–Crippen LogP) is 4.08. The molecule has 8 nitrogen and oxygen atoms in total. The van der Waals surface area contributed by atoms with E-state index in [0.29, 0.717) is 17.7 Å². The van der Waals surface area contributed by atoms with E-state index in [1.165, 1.54) is 6.07 Å². The third-order valence-corrected chi connectivity index (χ3v) is 5.06. The van der Waals surface area contributed by atoms with E-state index in [1.54, 1.807) is 13.8 Å². The lowest BCUT2D eigenvalue weighted by molar-refractivity contribution is 0.0693. The Morgan fingerprint density at radius 3 is 2.55 bits per heavy atom. The van der Waals surface area contributed by atoms with E-state index in [4.69, 9.17) is 4.74 Å². The highest BCUT2D eigenvalue weighted by Gasteiger charge is 2.24. The number of rotatable bonds is 9. The molecule has 0 atom stereocenters. The number of urea groups is 1. The molecule has 2 amide bonds. The predicted molar refractivity (Wildman–Crippen MR) is 119 cm³/mol. The number of aromatic carboxylic acids is 1. The molecule has 0 spiro atoms. The summed E-state index contributed by atoms with van der Waals surface area (Å²) in [5, 5.41) is 18.1. The second kappa shape index (κ2) is 10.5. The van der Waals surface area contributed by atoms with Gasteiger partial charge < -0.3 is 20.5 Å². The van der Waals surface area contributed by atoms with Crippen molar-refractivity contribution in [2.45, 2.75) is 53.2 Å². The minimum Gasteiger partial charge on any atom is -0.477 e. The number of nitrogens with zero attached hydrogens (tertiary/aromatic N) is 1. The molecular weight excluding hydrogens is 423 g/mol. The number of aromatic nitrogens is 1. The largest absolute Gasteiger partial charge is 0.477 e. The van der Waals surface area contributed by atoms with E-state index in [9.17, 15) is 19.1 Å². The molecule has 0 fully saturated rings. The van der Waals surface area contributed by atoms with Crippen LogP contribution in [-0.4, -0.2) is 40.1 Å². The molecule has 0 radical (unpaired) electrons. The van der Waals surface area contributed by atoms with Gasteiger partial charge in [0.1, 0.15) is 17.4 Å². The van der Waals surface area contributed by atoms with E-state index in [1.807, 2.05) is 6.07 Å². The normalized spacial score (nSPS) is 11.3. The van der Waals surface area contributed by atoms with Crippen molar-refractivity contribution >= 4 is 28.5 Å². The zero-order valence-electron chi connectivity index (χ0n) is 18.4. The zero-order valence-corrected chi connectivity index (χ0v) is 19.2. The van der Waals surface area contributed by atoms with Gasteiger partial charge in [-0.2, -0.15) is 4.37 Å². The van der Waals surface area contributed by atoms with Crippen molar-refractivity contribution in [1.82, 2.24) is 15.0 Å². The van der Waals surface area contributed by atoms with Gasteiger partial charge in [0.15, 0.2) is 5.56 Å². The van der Waals surface area contributed by atoms with Gasteiger partial charge in [0, 0.05) is 17.6 Å². The van der Waals surface area contributed by atoms with Gasteiger partial charge in [0.05, 0.1) is 0 Å². The summed E-state index contributed by atoms with van der Waals surface area (Å²) in [6.07, 6.45) is 0.717. The Bertz CT molecular complexity index is 917. The maximum Gasteiger partial charge on any atom is 0.344 e. The Kier molecular flexibility index (Phi) is 8.35. The van der Waals surface area contributed by atoms with Crippen molar-refractivity contribution in [1.29, 1.82) is 0 Å². The zero-order chi connectivity index (χ0) is 23.2. The molecule has 1 heterocycles. The number of carboxylic acids is 1. The summed E-state index contributed by atoms with van der Waals surface area (Å²) in [4.78, 5) is 23.8. The molecular formula is C21H29FN4O4S. The van der Waals surface area contributed by atoms with E-state index >= 15 is 0 Å². The first-order valence-electron chi connectivity index (χ1n) is 9.89. The van der Waals surface area contributed by atoms with Crippen molar-refractivity contribution in [2.24, 2.45) is 0 Å². The Hall–Kier alpha value is -2.72. The quantitative estimate of drug-likeness (QED) is 0.427. The summed E-state index contributed by atoms with van der Waals surface area (Å²) in [7, 11) is 0. The number of aryl methyl sites for hydroxylation is 2. The molecule has 1 aromatic carbocycles. The average Bonchev–Trinajstić information content (AvgIpc) is 3.02. The minimum absolute atomic E-state index is 0.00226. The van der Waals surface area contributed by atoms with Gasteiger partial charge in [0.2, 0.25) is 5.88 Å². The summed E-state index contributed by atoms with van der Waals surface area (Å²) < 4.78 is 23.7. The third kappa shape index (κ3) is 7.48. The van der Waals surface area contributed by atoms with Crippen LogP contribution < -0.4 is 20.7 Å². The van der Waals surface area contributed by atoms with Crippen molar-refractivity contribution < 1.29 is 23.8 Å². The van der Waals surface area contributed by atoms with Gasteiger partial charge in [0.25, 0.3) is 0 Å². The third-order valence-electron chi connectivity index (χ3n) is 4.31. The topological polar surface area (TPSA) is 113 Å². The number of amides is 2. The van der Waals surface area contributed by atoms with Gasteiger partial charge in [-0.25, -0.2) is 14.0 Å². The van der Waals surface area contributed by atoms with Crippen LogP contribution in [0.4, 0.5) is 14.2 Å². The minimum atomic E-state index is -1.30. The summed E-state index contributed by atoms with van der Waals surface area (Å²) in [5.41, 5.74) is 1.54. The van der Waals surface area contributed by atoms with Crippen LogP contribution in [0.3, 0.4) is 0 Å². The fourth-order valence-corrected chi connectivity index (χ4v) is 3.54. The highest BCUT2D eigenvalue weighted by molar-refractivity contribution is 7.11.